The molecule has 0 radical (unpaired) electrons. The van der Waals surface area contributed by atoms with E-state index in [1.54, 1.807) is 17.1 Å². The first-order valence-electron chi connectivity index (χ1n) is 4.99. The Bertz CT molecular complexity index is 494. The van der Waals surface area contributed by atoms with Crippen LogP contribution in [0.15, 0.2) is 18.5 Å². The molecular weight excluding hydrogens is 226 g/mol. The number of rotatable bonds is 3. The molecule has 1 N–H and O–H groups in total. The second kappa shape index (κ2) is 4.49. The van der Waals surface area contributed by atoms with E-state index < -0.39 is 0 Å². The van der Waals surface area contributed by atoms with Gasteiger partial charge in [0.15, 0.2) is 5.82 Å². The first kappa shape index (κ1) is 10.9. The predicted molar refractivity (Wildman–Crippen MR) is 63.1 cm³/mol. The average molecular weight is 238 g/mol. The van der Waals surface area contributed by atoms with E-state index in [4.69, 9.17) is 11.6 Å². The van der Waals surface area contributed by atoms with Crippen LogP contribution in [0, 0.1) is 6.92 Å². The van der Waals surface area contributed by atoms with Crippen LogP contribution < -0.4 is 5.32 Å². The van der Waals surface area contributed by atoms with Gasteiger partial charge in [0.1, 0.15) is 11.6 Å². The fourth-order valence-electron chi connectivity index (χ4n) is 1.37. The Hall–Kier alpha value is -1.62. The SMILES string of the molecule is CCNc1cc(-n2cc(Cl)cn2)nc(C)n1. The smallest absolute Gasteiger partial charge is 0.159 e. The molecule has 6 heteroatoms. The quantitative estimate of drug-likeness (QED) is 0.888. The second-order valence-electron chi connectivity index (χ2n) is 3.29. The molecule has 0 spiro atoms. The lowest BCUT2D eigenvalue weighted by Crippen LogP contribution is -2.06. The van der Waals surface area contributed by atoms with E-state index in [0.717, 1.165) is 12.4 Å². The molecule has 2 aromatic rings. The summed E-state index contributed by atoms with van der Waals surface area (Å²) >= 11 is 5.81. The second-order valence-corrected chi connectivity index (χ2v) is 3.73. The summed E-state index contributed by atoms with van der Waals surface area (Å²) in [5.74, 6) is 2.19. The third-order valence-corrected chi connectivity index (χ3v) is 2.16. The van der Waals surface area contributed by atoms with Crippen molar-refractivity contribution < 1.29 is 0 Å². The van der Waals surface area contributed by atoms with Crippen LogP contribution in [0.4, 0.5) is 5.82 Å². The Kier molecular flexibility index (Phi) is 3.05. The molecule has 0 fully saturated rings. The molecule has 0 saturated carbocycles. The molecule has 0 bridgehead atoms. The Labute approximate surface area is 98.5 Å². The van der Waals surface area contributed by atoms with Gasteiger partial charge >= 0.3 is 0 Å². The molecular formula is C10H12ClN5. The van der Waals surface area contributed by atoms with Gasteiger partial charge in [-0.2, -0.15) is 5.10 Å². The van der Waals surface area contributed by atoms with Crippen LogP contribution in [0.2, 0.25) is 5.02 Å². The number of aryl methyl sites for hydroxylation is 1. The first-order chi connectivity index (χ1) is 7.69. The molecule has 0 aliphatic carbocycles. The van der Waals surface area contributed by atoms with Crippen LogP contribution in [0.25, 0.3) is 5.82 Å². The Morgan fingerprint density at radius 2 is 2.25 bits per heavy atom. The van der Waals surface area contributed by atoms with Crippen LogP contribution in [-0.2, 0) is 0 Å². The molecule has 2 heterocycles. The summed E-state index contributed by atoms with van der Waals surface area (Å²) < 4.78 is 1.62. The summed E-state index contributed by atoms with van der Waals surface area (Å²) in [7, 11) is 0. The molecule has 5 nitrogen and oxygen atoms in total. The fourth-order valence-corrected chi connectivity index (χ4v) is 1.50. The highest BCUT2D eigenvalue weighted by Crippen LogP contribution is 2.13. The van der Waals surface area contributed by atoms with E-state index in [-0.39, 0.29) is 0 Å². The summed E-state index contributed by atoms with van der Waals surface area (Å²) in [6.07, 6.45) is 3.28. The lowest BCUT2D eigenvalue weighted by Gasteiger charge is -2.06. The van der Waals surface area contributed by atoms with Gasteiger partial charge in [-0.1, -0.05) is 11.6 Å². The number of halogens is 1. The number of hydrogen-bond acceptors (Lipinski definition) is 4. The van der Waals surface area contributed by atoms with E-state index in [9.17, 15) is 0 Å². The van der Waals surface area contributed by atoms with Crippen LogP contribution in [0.1, 0.15) is 12.7 Å². The van der Waals surface area contributed by atoms with Crippen molar-refractivity contribution in [1.29, 1.82) is 0 Å². The monoisotopic (exact) mass is 237 g/mol. The zero-order valence-electron chi connectivity index (χ0n) is 9.11. The van der Waals surface area contributed by atoms with Gasteiger partial charge in [0.25, 0.3) is 0 Å². The minimum absolute atomic E-state index is 0.585. The van der Waals surface area contributed by atoms with Crippen LogP contribution in [-0.4, -0.2) is 26.3 Å². The maximum atomic E-state index is 5.81. The highest BCUT2D eigenvalue weighted by atomic mass is 35.5. The maximum absolute atomic E-state index is 5.81. The zero-order valence-corrected chi connectivity index (χ0v) is 9.86. The highest BCUT2D eigenvalue weighted by Gasteiger charge is 2.04. The van der Waals surface area contributed by atoms with E-state index in [0.29, 0.717) is 16.7 Å². The van der Waals surface area contributed by atoms with Crippen molar-refractivity contribution >= 4 is 17.4 Å². The Morgan fingerprint density at radius 1 is 1.44 bits per heavy atom. The molecule has 0 aliphatic heterocycles. The Balaban J connectivity index is 2.40. The van der Waals surface area contributed by atoms with Gasteiger partial charge in [-0.05, 0) is 13.8 Å². The van der Waals surface area contributed by atoms with Gasteiger partial charge in [0.2, 0.25) is 0 Å². The van der Waals surface area contributed by atoms with E-state index in [2.05, 4.69) is 20.4 Å². The van der Waals surface area contributed by atoms with Crippen molar-refractivity contribution in [3.8, 4) is 5.82 Å². The van der Waals surface area contributed by atoms with Crippen molar-refractivity contribution in [3.05, 3.63) is 29.3 Å². The van der Waals surface area contributed by atoms with Crippen LogP contribution >= 0.6 is 11.6 Å². The fraction of sp³-hybridized carbons (Fsp3) is 0.300. The molecule has 84 valence electrons. The molecule has 16 heavy (non-hydrogen) atoms. The standard InChI is InChI=1S/C10H12ClN5/c1-3-12-9-4-10(15-7(2)14-9)16-6-8(11)5-13-16/h4-6H,3H2,1-2H3,(H,12,14,15). The largest absolute Gasteiger partial charge is 0.370 e. The van der Waals surface area contributed by atoms with Crippen molar-refractivity contribution in [1.82, 2.24) is 19.7 Å². The molecule has 2 rings (SSSR count). The van der Waals surface area contributed by atoms with E-state index >= 15 is 0 Å². The summed E-state index contributed by atoms with van der Waals surface area (Å²) in [5.41, 5.74) is 0. The maximum Gasteiger partial charge on any atom is 0.159 e. The number of nitrogens with zero attached hydrogens (tertiary/aromatic N) is 4. The molecule has 0 aliphatic rings. The average Bonchev–Trinajstić information content (AvgIpc) is 2.64. The first-order valence-corrected chi connectivity index (χ1v) is 5.37. The summed E-state index contributed by atoms with van der Waals surface area (Å²) in [5, 5.41) is 7.82. The van der Waals surface area contributed by atoms with Crippen molar-refractivity contribution in [2.45, 2.75) is 13.8 Å². The van der Waals surface area contributed by atoms with Crippen LogP contribution in [0.3, 0.4) is 0 Å². The van der Waals surface area contributed by atoms with Gasteiger partial charge in [-0.25, -0.2) is 14.6 Å². The minimum Gasteiger partial charge on any atom is -0.370 e. The van der Waals surface area contributed by atoms with Gasteiger partial charge < -0.3 is 5.32 Å². The normalized spacial score (nSPS) is 10.4. The predicted octanol–water partition coefficient (Wildman–Crippen LogP) is 2.06. The number of anilines is 1. The van der Waals surface area contributed by atoms with E-state index in [1.165, 1.54) is 0 Å². The van der Waals surface area contributed by atoms with Gasteiger partial charge in [0.05, 0.1) is 17.4 Å². The minimum atomic E-state index is 0.585. The highest BCUT2D eigenvalue weighted by molar-refractivity contribution is 6.30. The van der Waals surface area contributed by atoms with Crippen molar-refractivity contribution in [3.63, 3.8) is 0 Å². The summed E-state index contributed by atoms with van der Waals surface area (Å²) in [6.45, 7) is 4.67. The number of nitrogens with one attached hydrogen (secondary N) is 1. The molecule has 0 unspecified atom stereocenters. The number of aromatic nitrogens is 4. The van der Waals surface area contributed by atoms with Gasteiger partial charge in [0, 0.05) is 12.6 Å². The summed E-state index contributed by atoms with van der Waals surface area (Å²) in [6, 6.07) is 1.83. The van der Waals surface area contributed by atoms with Crippen molar-refractivity contribution in [2.24, 2.45) is 0 Å². The molecule has 0 aromatic carbocycles. The van der Waals surface area contributed by atoms with E-state index in [1.807, 2.05) is 19.9 Å². The summed E-state index contributed by atoms with van der Waals surface area (Å²) in [4.78, 5) is 8.55. The molecule has 2 aromatic heterocycles. The number of hydrogen-bond donors (Lipinski definition) is 1. The Morgan fingerprint density at radius 3 is 2.88 bits per heavy atom. The zero-order chi connectivity index (χ0) is 11.5. The molecule has 0 saturated heterocycles. The molecule has 0 atom stereocenters. The third-order valence-electron chi connectivity index (χ3n) is 1.97. The van der Waals surface area contributed by atoms with Gasteiger partial charge in [-0.3, -0.25) is 0 Å². The van der Waals surface area contributed by atoms with Crippen molar-refractivity contribution in [2.75, 3.05) is 11.9 Å². The molecule has 0 amide bonds. The van der Waals surface area contributed by atoms with Gasteiger partial charge in [-0.15, -0.1) is 0 Å². The third kappa shape index (κ3) is 2.30. The topological polar surface area (TPSA) is 55.6 Å². The lowest BCUT2D eigenvalue weighted by molar-refractivity contribution is 0.828. The lowest BCUT2D eigenvalue weighted by atomic mass is 10.5. The van der Waals surface area contributed by atoms with Crippen LogP contribution in [0.5, 0.6) is 0 Å².